The van der Waals surface area contributed by atoms with Gasteiger partial charge in [-0.2, -0.15) is 0 Å². The lowest BCUT2D eigenvalue weighted by atomic mass is 10.2. The van der Waals surface area contributed by atoms with Crippen LogP contribution in [0.25, 0.3) is 0 Å². The molecule has 1 aromatic carbocycles. The van der Waals surface area contributed by atoms with Crippen molar-refractivity contribution in [1.82, 2.24) is 29.5 Å². The molecule has 0 radical (unpaired) electrons. The number of rotatable bonds is 8. The number of carbonyl (C=O) groups excluding carboxylic acids is 2. The largest absolute Gasteiger partial charge is 0.342 e. The van der Waals surface area contributed by atoms with E-state index >= 15 is 0 Å². The summed E-state index contributed by atoms with van der Waals surface area (Å²) in [7, 11) is 0. The molecule has 33 heavy (non-hydrogen) atoms. The molecule has 9 heteroatoms. The Balaban J connectivity index is 1.13. The molecule has 1 aromatic heterocycles. The van der Waals surface area contributed by atoms with Crippen molar-refractivity contribution < 1.29 is 9.59 Å². The maximum absolute atomic E-state index is 12.9. The van der Waals surface area contributed by atoms with Crippen LogP contribution in [0.5, 0.6) is 0 Å². The molecule has 176 valence electrons. The predicted molar refractivity (Wildman–Crippen MR) is 127 cm³/mol. The fourth-order valence-corrected chi connectivity index (χ4v) is 5.44. The Labute approximate surface area is 199 Å². The van der Waals surface area contributed by atoms with Crippen molar-refractivity contribution >= 4 is 23.6 Å². The fourth-order valence-electron chi connectivity index (χ4n) is 4.60. The molecule has 0 atom stereocenters. The lowest BCUT2D eigenvalue weighted by Gasteiger charge is -2.35. The molecule has 3 fully saturated rings. The summed E-state index contributed by atoms with van der Waals surface area (Å²) in [5.74, 6) is 2.28. The summed E-state index contributed by atoms with van der Waals surface area (Å²) in [5, 5.41) is 9.71. The average Bonchev–Trinajstić information content (AvgIpc) is 3.37. The third-order valence-corrected chi connectivity index (χ3v) is 7.69. The Morgan fingerprint density at radius 3 is 2.27 bits per heavy atom. The summed E-state index contributed by atoms with van der Waals surface area (Å²) in [6.07, 6.45) is 4.57. The molecular weight excluding hydrogens is 436 g/mol. The van der Waals surface area contributed by atoms with Gasteiger partial charge in [0, 0.05) is 45.2 Å². The van der Waals surface area contributed by atoms with E-state index in [4.69, 9.17) is 0 Å². The summed E-state index contributed by atoms with van der Waals surface area (Å²) in [4.78, 5) is 31.3. The summed E-state index contributed by atoms with van der Waals surface area (Å²) in [6.45, 7) is 5.87. The van der Waals surface area contributed by atoms with Crippen molar-refractivity contribution in [2.45, 2.75) is 43.3 Å². The summed E-state index contributed by atoms with van der Waals surface area (Å²) in [5.41, 5.74) is 1.21. The van der Waals surface area contributed by atoms with E-state index in [1.807, 2.05) is 28.0 Å². The van der Waals surface area contributed by atoms with Crippen LogP contribution in [0.3, 0.4) is 0 Å². The summed E-state index contributed by atoms with van der Waals surface area (Å²) >= 11 is 1.49. The predicted octanol–water partition coefficient (Wildman–Crippen LogP) is 2.06. The van der Waals surface area contributed by atoms with Gasteiger partial charge < -0.3 is 14.4 Å². The molecule has 3 heterocycles. The minimum absolute atomic E-state index is 0.132. The molecule has 1 aliphatic carbocycles. The Hall–Kier alpha value is -2.39. The van der Waals surface area contributed by atoms with Gasteiger partial charge >= 0.3 is 0 Å². The van der Waals surface area contributed by atoms with Gasteiger partial charge in [0.15, 0.2) is 5.16 Å². The summed E-state index contributed by atoms with van der Waals surface area (Å²) in [6, 6.07) is 10.3. The van der Waals surface area contributed by atoms with Crippen LogP contribution in [0, 0.1) is 0 Å². The first-order valence-electron chi connectivity index (χ1n) is 12.0. The maximum Gasteiger partial charge on any atom is 0.236 e. The number of benzene rings is 1. The Bertz CT molecular complexity index is 963. The van der Waals surface area contributed by atoms with Gasteiger partial charge in [-0.15, -0.1) is 10.2 Å². The van der Waals surface area contributed by atoms with Gasteiger partial charge in [0.25, 0.3) is 0 Å². The highest BCUT2D eigenvalue weighted by Crippen LogP contribution is 2.40. The van der Waals surface area contributed by atoms with Gasteiger partial charge in [-0.05, 0) is 31.2 Å². The van der Waals surface area contributed by atoms with Crippen molar-refractivity contribution in [1.29, 1.82) is 0 Å². The highest BCUT2D eigenvalue weighted by atomic mass is 32.2. The van der Waals surface area contributed by atoms with Gasteiger partial charge in [-0.25, -0.2) is 0 Å². The van der Waals surface area contributed by atoms with E-state index in [0.29, 0.717) is 31.3 Å². The number of carbonyl (C=O) groups is 2. The minimum atomic E-state index is 0.132. The monoisotopic (exact) mass is 468 g/mol. The van der Waals surface area contributed by atoms with E-state index in [-0.39, 0.29) is 11.8 Å². The smallest absolute Gasteiger partial charge is 0.236 e. The first kappa shape index (κ1) is 22.4. The zero-order chi connectivity index (χ0) is 22.6. The molecule has 2 amide bonds. The molecule has 0 spiro atoms. The normalized spacial score (nSPS) is 19.3. The average molecular weight is 469 g/mol. The molecule has 2 saturated heterocycles. The first-order valence-corrected chi connectivity index (χ1v) is 13.0. The van der Waals surface area contributed by atoms with Crippen molar-refractivity contribution in [3.8, 4) is 0 Å². The zero-order valence-corrected chi connectivity index (χ0v) is 19.9. The first-order chi connectivity index (χ1) is 16.2. The van der Waals surface area contributed by atoms with Crippen molar-refractivity contribution in [3.05, 3.63) is 41.7 Å². The van der Waals surface area contributed by atoms with Crippen LogP contribution in [0.15, 0.2) is 35.5 Å². The van der Waals surface area contributed by atoms with Crippen LogP contribution in [0.1, 0.15) is 43.0 Å². The summed E-state index contributed by atoms with van der Waals surface area (Å²) < 4.78 is 2.19. The number of piperazine rings is 1. The minimum Gasteiger partial charge on any atom is -0.342 e. The Morgan fingerprint density at radius 2 is 1.58 bits per heavy atom. The maximum atomic E-state index is 12.9. The Kier molecular flexibility index (Phi) is 6.96. The van der Waals surface area contributed by atoms with Crippen LogP contribution >= 0.6 is 11.8 Å². The van der Waals surface area contributed by atoms with E-state index in [1.54, 1.807) is 0 Å². The third kappa shape index (κ3) is 5.58. The second-order valence-corrected chi connectivity index (χ2v) is 10.2. The lowest BCUT2D eigenvalue weighted by Crippen LogP contribution is -2.51. The molecule has 0 bridgehead atoms. The number of amides is 2. The standard InChI is InChI=1S/C24H32N6O2S/c31-21(28-10-4-5-11-28)17-27-12-14-29(15-13-27)22(32)18-33-24-26-25-23(20-8-9-20)30(24)16-19-6-2-1-3-7-19/h1-3,6-7,20H,4-5,8-18H2. The van der Waals surface area contributed by atoms with E-state index in [9.17, 15) is 9.59 Å². The van der Waals surface area contributed by atoms with E-state index in [1.165, 1.54) is 30.2 Å². The number of thioether (sulfide) groups is 1. The van der Waals surface area contributed by atoms with Crippen molar-refractivity contribution in [3.63, 3.8) is 0 Å². The molecule has 3 aliphatic rings. The Morgan fingerprint density at radius 1 is 0.879 bits per heavy atom. The molecule has 2 aromatic rings. The molecule has 0 N–H and O–H groups in total. The molecular formula is C24H32N6O2S. The molecule has 5 rings (SSSR count). The van der Waals surface area contributed by atoms with Crippen molar-refractivity contribution in [2.75, 3.05) is 51.6 Å². The fraction of sp³-hybridized carbons (Fsp3) is 0.583. The van der Waals surface area contributed by atoms with Gasteiger partial charge in [-0.3, -0.25) is 14.5 Å². The highest BCUT2D eigenvalue weighted by Gasteiger charge is 2.31. The number of hydrogen-bond acceptors (Lipinski definition) is 6. The second-order valence-electron chi connectivity index (χ2n) is 9.22. The van der Waals surface area contributed by atoms with Crippen molar-refractivity contribution in [2.24, 2.45) is 0 Å². The van der Waals surface area contributed by atoms with Gasteiger partial charge in [0.1, 0.15) is 5.82 Å². The molecule has 8 nitrogen and oxygen atoms in total. The third-order valence-electron chi connectivity index (χ3n) is 6.74. The van der Waals surface area contributed by atoms with Gasteiger partial charge in [0.05, 0.1) is 18.8 Å². The molecule has 1 saturated carbocycles. The second kappa shape index (κ2) is 10.3. The van der Waals surface area contributed by atoms with Crippen LogP contribution in [-0.4, -0.2) is 92.8 Å². The zero-order valence-electron chi connectivity index (χ0n) is 19.1. The van der Waals surface area contributed by atoms with Gasteiger partial charge in [0.2, 0.25) is 11.8 Å². The number of hydrogen-bond donors (Lipinski definition) is 0. The topological polar surface area (TPSA) is 74.6 Å². The van der Waals surface area contributed by atoms with Crippen LogP contribution in [0.2, 0.25) is 0 Å². The lowest BCUT2D eigenvalue weighted by molar-refractivity contribution is -0.133. The SMILES string of the molecule is O=C(CSc1nnc(C2CC2)n1Cc1ccccc1)N1CCN(CC(=O)N2CCCC2)CC1. The van der Waals surface area contributed by atoms with Crippen LogP contribution in [-0.2, 0) is 16.1 Å². The molecule has 2 aliphatic heterocycles. The van der Waals surface area contributed by atoms with Gasteiger partial charge in [-0.1, -0.05) is 42.1 Å². The quantitative estimate of drug-likeness (QED) is 0.552. The number of likely N-dealkylation sites (tertiary alicyclic amines) is 1. The van der Waals surface area contributed by atoms with Crippen LogP contribution in [0.4, 0.5) is 0 Å². The van der Waals surface area contributed by atoms with E-state index in [0.717, 1.165) is 56.5 Å². The van der Waals surface area contributed by atoms with E-state index < -0.39 is 0 Å². The highest BCUT2D eigenvalue weighted by molar-refractivity contribution is 7.99. The van der Waals surface area contributed by atoms with Crippen LogP contribution < -0.4 is 0 Å². The number of nitrogens with zero attached hydrogens (tertiary/aromatic N) is 6. The number of aromatic nitrogens is 3. The van der Waals surface area contributed by atoms with E-state index in [2.05, 4.69) is 31.8 Å². The molecule has 0 unspecified atom stereocenters.